The van der Waals surface area contributed by atoms with Crippen molar-refractivity contribution in [3.8, 4) is 0 Å². The van der Waals surface area contributed by atoms with Crippen LogP contribution in [0.5, 0.6) is 0 Å². The van der Waals surface area contributed by atoms with Gasteiger partial charge in [0, 0.05) is 13.6 Å². The van der Waals surface area contributed by atoms with Crippen molar-refractivity contribution in [2.45, 2.75) is 10.9 Å². The Morgan fingerprint density at radius 2 is 1.53 bits per heavy atom. The number of carbonyl (C=O) groups excluding carboxylic acids is 1. The van der Waals surface area contributed by atoms with Crippen LogP contribution < -0.4 is 9.62 Å². The lowest BCUT2D eigenvalue weighted by atomic mass is 10.1. The van der Waals surface area contributed by atoms with Crippen LogP contribution in [-0.2, 0) is 10.0 Å². The number of hydrogen-bond acceptors (Lipinski definition) is 4. The minimum atomic E-state index is -3.87. The largest absolute Gasteiger partial charge is 0.350 e. The van der Waals surface area contributed by atoms with E-state index in [9.17, 15) is 13.2 Å². The lowest BCUT2D eigenvalue weighted by molar-refractivity contribution is 0.0942. The smallest absolute Gasteiger partial charge is 0.264 e. The van der Waals surface area contributed by atoms with Gasteiger partial charge in [-0.25, -0.2) is 8.42 Å². The zero-order chi connectivity index (χ0) is 23.3. The molecule has 0 heterocycles. The van der Waals surface area contributed by atoms with Crippen molar-refractivity contribution in [3.63, 3.8) is 0 Å². The predicted octanol–water partition coefficient (Wildman–Crippen LogP) is 4.20. The molecule has 0 saturated carbocycles. The molecule has 0 aromatic heterocycles. The van der Waals surface area contributed by atoms with Gasteiger partial charge in [-0.1, -0.05) is 60.1 Å². The van der Waals surface area contributed by atoms with Gasteiger partial charge >= 0.3 is 0 Å². The molecule has 6 nitrogen and oxygen atoms in total. The Hall–Kier alpha value is -2.87. The van der Waals surface area contributed by atoms with Gasteiger partial charge < -0.3 is 10.2 Å². The third-order valence-corrected chi connectivity index (χ3v) is 7.34. The van der Waals surface area contributed by atoms with Gasteiger partial charge in [0.25, 0.3) is 15.9 Å². The van der Waals surface area contributed by atoms with Crippen molar-refractivity contribution in [1.82, 2.24) is 10.2 Å². The van der Waals surface area contributed by atoms with Gasteiger partial charge in [-0.2, -0.15) is 0 Å². The van der Waals surface area contributed by atoms with E-state index in [1.165, 1.54) is 29.6 Å². The maximum Gasteiger partial charge on any atom is 0.264 e. The number of likely N-dealkylation sites (N-methyl/N-ethyl adjacent to an activating group) is 1. The van der Waals surface area contributed by atoms with Crippen molar-refractivity contribution in [2.24, 2.45) is 0 Å². The van der Waals surface area contributed by atoms with Gasteiger partial charge in [0.15, 0.2) is 0 Å². The number of benzene rings is 3. The summed E-state index contributed by atoms with van der Waals surface area (Å²) >= 11 is 6.25. The molecule has 0 saturated heterocycles. The summed E-state index contributed by atoms with van der Waals surface area (Å²) in [5.74, 6) is -0.433. The second-order valence-electron chi connectivity index (χ2n) is 7.55. The standard InChI is InChI=1S/C24H26ClN3O3S/c1-27(2)23(18-10-6-4-7-11-18)17-26-24(29)21-16-20(14-15-22(21)25)32(30,31)28(3)19-12-8-5-9-13-19/h4-16,23H,17H2,1-3H3,(H,26,29)/t23-/m0/s1. The number of carbonyl (C=O) groups is 1. The quantitative estimate of drug-likeness (QED) is 0.534. The number of hydrogen-bond donors (Lipinski definition) is 1. The van der Waals surface area contributed by atoms with Crippen LogP contribution in [0.3, 0.4) is 0 Å². The second-order valence-corrected chi connectivity index (χ2v) is 9.93. The summed E-state index contributed by atoms with van der Waals surface area (Å²) in [7, 11) is 1.47. The summed E-state index contributed by atoms with van der Waals surface area (Å²) in [6.45, 7) is 0.340. The maximum absolute atomic E-state index is 13.1. The van der Waals surface area contributed by atoms with Crippen LogP contribution in [0.4, 0.5) is 5.69 Å². The first-order valence-corrected chi connectivity index (χ1v) is 11.9. The summed E-state index contributed by atoms with van der Waals surface area (Å²) in [5, 5.41) is 3.07. The second kappa shape index (κ2) is 10.2. The van der Waals surface area contributed by atoms with Crippen molar-refractivity contribution >= 4 is 33.2 Å². The van der Waals surface area contributed by atoms with E-state index in [2.05, 4.69) is 5.32 Å². The molecule has 1 amide bonds. The topological polar surface area (TPSA) is 69.7 Å². The van der Waals surface area contributed by atoms with Crippen LogP contribution in [-0.4, -0.2) is 46.9 Å². The molecule has 3 aromatic rings. The lowest BCUT2D eigenvalue weighted by Gasteiger charge is -2.25. The van der Waals surface area contributed by atoms with Gasteiger partial charge in [-0.15, -0.1) is 0 Å². The maximum atomic E-state index is 13.1. The van der Waals surface area contributed by atoms with Crippen molar-refractivity contribution in [1.29, 1.82) is 0 Å². The first-order valence-electron chi connectivity index (χ1n) is 10.0. The fraction of sp³-hybridized carbons (Fsp3) is 0.208. The SMILES string of the molecule is CN(C)[C@@H](CNC(=O)c1cc(S(=O)(=O)N(C)c2ccccc2)ccc1Cl)c1ccccc1. The van der Waals surface area contributed by atoms with E-state index in [-0.39, 0.29) is 21.5 Å². The molecule has 3 rings (SSSR count). The Labute approximate surface area is 194 Å². The van der Waals surface area contributed by atoms with Crippen LogP contribution >= 0.6 is 11.6 Å². The molecular formula is C24H26ClN3O3S. The van der Waals surface area contributed by atoms with Gasteiger partial charge in [-0.05, 0) is 50.0 Å². The van der Waals surface area contributed by atoms with Crippen LogP contribution in [0, 0.1) is 0 Å². The van der Waals surface area contributed by atoms with Gasteiger partial charge in [0.1, 0.15) is 0 Å². The number of halogens is 1. The normalized spacial score (nSPS) is 12.4. The van der Waals surface area contributed by atoms with E-state index in [0.29, 0.717) is 12.2 Å². The highest BCUT2D eigenvalue weighted by Crippen LogP contribution is 2.26. The minimum absolute atomic E-state index is 0.00868. The fourth-order valence-electron chi connectivity index (χ4n) is 3.33. The average molecular weight is 472 g/mol. The molecule has 168 valence electrons. The van der Waals surface area contributed by atoms with Gasteiger partial charge in [0.05, 0.1) is 27.2 Å². The lowest BCUT2D eigenvalue weighted by Crippen LogP contribution is -2.34. The summed E-state index contributed by atoms with van der Waals surface area (Å²) < 4.78 is 27.4. The summed E-state index contributed by atoms with van der Waals surface area (Å²) in [5.41, 5.74) is 1.69. The number of nitrogens with zero attached hydrogens (tertiary/aromatic N) is 2. The van der Waals surface area contributed by atoms with E-state index < -0.39 is 15.9 Å². The Bertz CT molecular complexity index is 1170. The monoisotopic (exact) mass is 471 g/mol. The summed E-state index contributed by atoms with van der Waals surface area (Å²) in [6, 6.07) is 22.7. The highest BCUT2D eigenvalue weighted by Gasteiger charge is 2.24. The highest BCUT2D eigenvalue weighted by molar-refractivity contribution is 7.92. The van der Waals surface area contributed by atoms with E-state index in [1.54, 1.807) is 24.3 Å². The molecule has 0 aliphatic rings. The molecule has 32 heavy (non-hydrogen) atoms. The first-order chi connectivity index (χ1) is 15.2. The molecule has 0 spiro atoms. The zero-order valence-corrected chi connectivity index (χ0v) is 19.8. The third-order valence-electron chi connectivity index (χ3n) is 5.22. The molecule has 0 fully saturated rings. The van der Waals surface area contributed by atoms with Gasteiger partial charge in [-0.3, -0.25) is 9.10 Å². The number of rotatable bonds is 8. The van der Waals surface area contributed by atoms with E-state index >= 15 is 0 Å². The van der Waals surface area contributed by atoms with E-state index in [0.717, 1.165) is 5.56 Å². The molecule has 0 bridgehead atoms. The summed E-state index contributed by atoms with van der Waals surface area (Å²) in [6.07, 6.45) is 0. The van der Waals surface area contributed by atoms with Crippen LogP contribution in [0.1, 0.15) is 22.0 Å². The average Bonchev–Trinajstić information content (AvgIpc) is 2.79. The molecule has 0 aliphatic carbocycles. The number of anilines is 1. The molecule has 0 radical (unpaired) electrons. The third kappa shape index (κ3) is 5.30. The fourth-order valence-corrected chi connectivity index (χ4v) is 4.76. The Kier molecular flexibility index (Phi) is 7.56. The van der Waals surface area contributed by atoms with E-state index in [1.807, 2.05) is 55.4 Å². The molecular weight excluding hydrogens is 446 g/mol. The molecule has 0 aliphatic heterocycles. The van der Waals surface area contributed by atoms with Crippen LogP contribution in [0.25, 0.3) is 0 Å². The van der Waals surface area contributed by atoms with Crippen molar-refractivity contribution in [3.05, 3.63) is 95.0 Å². The molecule has 8 heteroatoms. The number of nitrogens with one attached hydrogen (secondary N) is 1. The molecule has 1 N–H and O–H groups in total. The van der Waals surface area contributed by atoms with E-state index in [4.69, 9.17) is 11.6 Å². The molecule has 3 aromatic carbocycles. The number of sulfonamides is 1. The number of para-hydroxylation sites is 1. The number of amides is 1. The molecule has 0 unspecified atom stereocenters. The summed E-state index contributed by atoms with van der Waals surface area (Å²) in [4.78, 5) is 14.9. The van der Waals surface area contributed by atoms with Gasteiger partial charge in [0.2, 0.25) is 0 Å². The Morgan fingerprint density at radius 3 is 2.12 bits per heavy atom. The minimum Gasteiger partial charge on any atom is -0.350 e. The molecule has 1 atom stereocenters. The Balaban J connectivity index is 1.83. The van der Waals surface area contributed by atoms with Crippen molar-refractivity contribution < 1.29 is 13.2 Å². The van der Waals surface area contributed by atoms with Crippen LogP contribution in [0.2, 0.25) is 5.02 Å². The van der Waals surface area contributed by atoms with Crippen LogP contribution in [0.15, 0.2) is 83.8 Å². The Morgan fingerprint density at radius 1 is 0.938 bits per heavy atom. The highest BCUT2D eigenvalue weighted by atomic mass is 35.5. The zero-order valence-electron chi connectivity index (χ0n) is 18.2. The van der Waals surface area contributed by atoms with Crippen molar-refractivity contribution in [2.75, 3.05) is 32.0 Å². The predicted molar refractivity (Wildman–Crippen MR) is 129 cm³/mol. The first kappa shape index (κ1) is 23.8.